The van der Waals surface area contributed by atoms with E-state index < -0.39 is 0 Å². The average molecular weight is 349 g/mol. The quantitative estimate of drug-likeness (QED) is 0.607. The molecule has 0 saturated carbocycles. The summed E-state index contributed by atoms with van der Waals surface area (Å²) in [6.45, 7) is 4.63. The predicted octanol–water partition coefficient (Wildman–Crippen LogP) is 3.25. The minimum Gasteiger partial charge on any atom is -0.394 e. The molecule has 3 aromatic rings. The summed E-state index contributed by atoms with van der Waals surface area (Å²) in [5.74, 6) is 1.17. The number of hydrogen-bond acceptors (Lipinski definition) is 6. The van der Waals surface area contributed by atoms with Crippen molar-refractivity contribution < 1.29 is 5.11 Å². The summed E-state index contributed by atoms with van der Waals surface area (Å²) in [5, 5.41) is 15.8. The van der Waals surface area contributed by atoms with Crippen LogP contribution in [-0.2, 0) is 6.54 Å². The van der Waals surface area contributed by atoms with Crippen molar-refractivity contribution in [3.05, 3.63) is 65.9 Å². The van der Waals surface area contributed by atoms with Crippen molar-refractivity contribution >= 4 is 11.8 Å². The number of rotatable bonds is 7. The van der Waals surface area contributed by atoms with Gasteiger partial charge in [-0.15, -0.1) is 0 Å². The molecule has 0 aliphatic heterocycles. The topological polar surface area (TPSA) is 83.0 Å². The number of hydrogen-bond donors (Lipinski definition) is 3. The highest BCUT2D eigenvalue weighted by atomic mass is 16.3. The molecule has 1 atom stereocenters. The maximum absolute atomic E-state index is 9.29. The molecule has 1 aromatic carbocycles. The highest BCUT2D eigenvalue weighted by Gasteiger charge is 2.10. The van der Waals surface area contributed by atoms with E-state index in [0.29, 0.717) is 18.3 Å². The number of aliphatic hydroxyl groups is 1. The molecular weight excluding hydrogens is 326 g/mol. The Labute approximate surface area is 153 Å². The van der Waals surface area contributed by atoms with Gasteiger partial charge in [-0.25, -0.2) is 4.98 Å². The number of nitrogens with zero attached hydrogens (tertiary/aromatic N) is 3. The molecule has 0 saturated heterocycles. The molecule has 3 N–H and O–H groups in total. The van der Waals surface area contributed by atoms with Gasteiger partial charge in [-0.05, 0) is 37.1 Å². The molecule has 2 aromatic heterocycles. The minimum absolute atomic E-state index is 0.00312. The standard InChI is InChI=1S/C20H23N5O/c1-14-7-3-4-8-16(14)12-22-19-11-18(17-9-5-6-10-21-17)24-20(25-19)23-15(2)13-26/h3-11,15,26H,12-13H2,1-2H3,(H2,22,23,24,25)/t15-/m0/s1. The molecule has 0 amide bonds. The molecule has 0 aliphatic rings. The van der Waals surface area contributed by atoms with Crippen LogP contribution in [0.2, 0.25) is 0 Å². The van der Waals surface area contributed by atoms with Crippen molar-refractivity contribution in [1.29, 1.82) is 0 Å². The molecule has 3 rings (SSSR count). The Balaban J connectivity index is 1.88. The Morgan fingerprint density at radius 3 is 2.58 bits per heavy atom. The third kappa shape index (κ3) is 4.55. The van der Waals surface area contributed by atoms with E-state index in [4.69, 9.17) is 0 Å². The van der Waals surface area contributed by atoms with Crippen molar-refractivity contribution in [2.45, 2.75) is 26.4 Å². The van der Waals surface area contributed by atoms with Gasteiger partial charge in [0.15, 0.2) is 0 Å². The predicted molar refractivity (Wildman–Crippen MR) is 104 cm³/mol. The first-order chi connectivity index (χ1) is 12.7. The van der Waals surface area contributed by atoms with E-state index >= 15 is 0 Å². The molecule has 0 radical (unpaired) electrons. The van der Waals surface area contributed by atoms with Crippen LogP contribution in [0.5, 0.6) is 0 Å². The molecule has 0 aliphatic carbocycles. The smallest absolute Gasteiger partial charge is 0.225 e. The zero-order valence-electron chi connectivity index (χ0n) is 15.0. The summed E-state index contributed by atoms with van der Waals surface area (Å²) in [6.07, 6.45) is 1.74. The van der Waals surface area contributed by atoms with Crippen LogP contribution in [-0.4, -0.2) is 32.7 Å². The Bertz CT molecular complexity index is 854. The van der Waals surface area contributed by atoms with Crippen LogP contribution < -0.4 is 10.6 Å². The monoisotopic (exact) mass is 349 g/mol. The van der Waals surface area contributed by atoms with Crippen molar-refractivity contribution in [2.24, 2.45) is 0 Å². The van der Waals surface area contributed by atoms with E-state index in [1.807, 2.05) is 43.3 Å². The van der Waals surface area contributed by atoms with E-state index in [9.17, 15) is 5.11 Å². The van der Waals surface area contributed by atoms with Gasteiger partial charge in [0.1, 0.15) is 5.82 Å². The van der Waals surface area contributed by atoms with Gasteiger partial charge in [0.25, 0.3) is 0 Å². The van der Waals surface area contributed by atoms with Gasteiger partial charge in [-0.1, -0.05) is 30.3 Å². The van der Waals surface area contributed by atoms with Gasteiger partial charge in [-0.3, -0.25) is 4.98 Å². The number of aliphatic hydroxyl groups excluding tert-OH is 1. The fraction of sp³-hybridized carbons (Fsp3) is 0.250. The summed E-state index contributed by atoms with van der Waals surface area (Å²) < 4.78 is 0. The van der Waals surface area contributed by atoms with E-state index in [-0.39, 0.29) is 12.6 Å². The lowest BCUT2D eigenvalue weighted by atomic mass is 10.1. The number of benzene rings is 1. The number of aromatic nitrogens is 3. The van der Waals surface area contributed by atoms with Crippen LogP contribution in [0.3, 0.4) is 0 Å². The zero-order valence-corrected chi connectivity index (χ0v) is 15.0. The van der Waals surface area contributed by atoms with Gasteiger partial charge in [-0.2, -0.15) is 4.98 Å². The largest absolute Gasteiger partial charge is 0.394 e. The van der Waals surface area contributed by atoms with Crippen LogP contribution in [0.15, 0.2) is 54.7 Å². The summed E-state index contributed by atoms with van der Waals surface area (Å²) in [7, 11) is 0. The van der Waals surface area contributed by atoms with E-state index in [1.165, 1.54) is 11.1 Å². The number of nitrogens with one attached hydrogen (secondary N) is 2. The third-order valence-electron chi connectivity index (χ3n) is 4.02. The second-order valence-corrected chi connectivity index (χ2v) is 6.19. The molecule has 0 spiro atoms. The Kier molecular flexibility index (Phi) is 5.76. The van der Waals surface area contributed by atoms with Crippen molar-refractivity contribution in [3.8, 4) is 11.4 Å². The zero-order chi connectivity index (χ0) is 18.4. The van der Waals surface area contributed by atoms with Crippen LogP contribution in [0.25, 0.3) is 11.4 Å². The van der Waals surface area contributed by atoms with Gasteiger partial charge >= 0.3 is 0 Å². The molecule has 2 heterocycles. The van der Waals surface area contributed by atoms with Crippen LogP contribution in [0, 0.1) is 6.92 Å². The molecule has 26 heavy (non-hydrogen) atoms. The highest BCUT2D eigenvalue weighted by molar-refractivity contribution is 5.61. The lowest BCUT2D eigenvalue weighted by molar-refractivity contribution is 0.281. The summed E-state index contributed by atoms with van der Waals surface area (Å²) in [4.78, 5) is 13.4. The second-order valence-electron chi connectivity index (χ2n) is 6.19. The minimum atomic E-state index is -0.141. The first-order valence-electron chi connectivity index (χ1n) is 8.62. The summed E-state index contributed by atoms with van der Waals surface area (Å²) in [6, 6.07) is 15.7. The SMILES string of the molecule is Cc1ccccc1CNc1cc(-c2ccccn2)nc(N[C@@H](C)CO)n1. The van der Waals surface area contributed by atoms with Gasteiger partial charge < -0.3 is 15.7 Å². The Hall–Kier alpha value is -2.99. The summed E-state index contributed by atoms with van der Waals surface area (Å²) in [5.41, 5.74) is 3.93. The molecule has 0 unspecified atom stereocenters. The van der Waals surface area contributed by atoms with Crippen molar-refractivity contribution in [1.82, 2.24) is 15.0 Å². The molecular formula is C20H23N5O. The van der Waals surface area contributed by atoms with Crippen LogP contribution >= 0.6 is 0 Å². The molecule has 6 heteroatoms. The number of aryl methyl sites for hydroxylation is 1. The normalized spacial score (nSPS) is 11.8. The highest BCUT2D eigenvalue weighted by Crippen LogP contribution is 2.20. The maximum atomic E-state index is 9.29. The van der Waals surface area contributed by atoms with E-state index in [1.54, 1.807) is 6.20 Å². The van der Waals surface area contributed by atoms with E-state index in [0.717, 1.165) is 11.4 Å². The molecule has 6 nitrogen and oxygen atoms in total. The van der Waals surface area contributed by atoms with Gasteiger partial charge in [0.05, 0.1) is 18.0 Å². The first-order valence-corrected chi connectivity index (χ1v) is 8.62. The summed E-state index contributed by atoms with van der Waals surface area (Å²) >= 11 is 0. The lowest BCUT2D eigenvalue weighted by Gasteiger charge is -2.14. The lowest BCUT2D eigenvalue weighted by Crippen LogP contribution is -2.21. The van der Waals surface area contributed by atoms with Crippen LogP contribution in [0.1, 0.15) is 18.1 Å². The van der Waals surface area contributed by atoms with Gasteiger partial charge in [0, 0.05) is 24.8 Å². The third-order valence-corrected chi connectivity index (χ3v) is 4.02. The van der Waals surface area contributed by atoms with Gasteiger partial charge in [0.2, 0.25) is 5.95 Å². The van der Waals surface area contributed by atoms with Crippen LogP contribution in [0.4, 0.5) is 11.8 Å². The van der Waals surface area contributed by atoms with E-state index in [2.05, 4.69) is 44.6 Å². The Morgan fingerprint density at radius 1 is 1.04 bits per heavy atom. The molecule has 0 bridgehead atoms. The first kappa shape index (κ1) is 17.8. The number of anilines is 2. The average Bonchev–Trinajstić information content (AvgIpc) is 2.68. The maximum Gasteiger partial charge on any atom is 0.225 e. The molecule has 0 fully saturated rings. The molecule has 134 valence electrons. The second kappa shape index (κ2) is 8.40. The Morgan fingerprint density at radius 2 is 1.85 bits per heavy atom. The fourth-order valence-electron chi connectivity index (χ4n) is 2.51. The van der Waals surface area contributed by atoms with Crippen molar-refractivity contribution in [3.63, 3.8) is 0 Å². The fourth-order valence-corrected chi connectivity index (χ4v) is 2.51. The number of pyridine rings is 1. The van der Waals surface area contributed by atoms with Crippen molar-refractivity contribution in [2.75, 3.05) is 17.2 Å².